The summed E-state index contributed by atoms with van der Waals surface area (Å²) in [5.41, 5.74) is 1.70. The number of halogens is 3. The predicted octanol–water partition coefficient (Wildman–Crippen LogP) is 7.20. The van der Waals surface area contributed by atoms with Crippen molar-refractivity contribution in [3.63, 3.8) is 0 Å². The van der Waals surface area contributed by atoms with E-state index in [1.165, 1.54) is 36.4 Å². The first-order valence-electron chi connectivity index (χ1n) is 12.1. The van der Waals surface area contributed by atoms with Crippen molar-refractivity contribution >= 4 is 5.97 Å². The molecule has 1 aliphatic rings. The van der Waals surface area contributed by atoms with Crippen LogP contribution in [0.3, 0.4) is 0 Å². The van der Waals surface area contributed by atoms with Gasteiger partial charge in [-0.15, -0.1) is 0 Å². The number of esters is 1. The van der Waals surface area contributed by atoms with Crippen LogP contribution in [0.5, 0.6) is 5.75 Å². The van der Waals surface area contributed by atoms with Crippen molar-refractivity contribution in [2.24, 2.45) is 0 Å². The van der Waals surface area contributed by atoms with Crippen LogP contribution in [0.15, 0.2) is 54.6 Å². The van der Waals surface area contributed by atoms with Crippen molar-refractivity contribution in [1.82, 2.24) is 0 Å². The van der Waals surface area contributed by atoms with Gasteiger partial charge in [-0.3, -0.25) is 0 Å². The lowest BCUT2D eigenvalue weighted by molar-refractivity contribution is 0.0655. The number of methoxy groups -OCH3 is 1. The molecule has 4 nitrogen and oxygen atoms in total. The fraction of sp³-hybridized carbons (Fsp3) is 0.345. The summed E-state index contributed by atoms with van der Waals surface area (Å²) >= 11 is 0. The Hall–Kier alpha value is -3.16. The summed E-state index contributed by atoms with van der Waals surface area (Å²) in [6.45, 7) is 2.60. The first kappa shape index (κ1) is 25.9. The van der Waals surface area contributed by atoms with Gasteiger partial charge in [0.05, 0.1) is 18.3 Å². The molecule has 3 aromatic carbocycles. The van der Waals surface area contributed by atoms with E-state index in [4.69, 9.17) is 14.2 Å². The monoisotopic (exact) mass is 498 g/mol. The molecule has 1 aliphatic carbocycles. The highest BCUT2D eigenvalue weighted by molar-refractivity contribution is 5.91. The molecule has 0 N–H and O–H groups in total. The van der Waals surface area contributed by atoms with E-state index in [0.717, 1.165) is 25.7 Å². The van der Waals surface area contributed by atoms with E-state index in [2.05, 4.69) is 0 Å². The number of benzene rings is 3. The molecule has 1 fully saturated rings. The number of hydrogen-bond acceptors (Lipinski definition) is 4. The highest BCUT2D eigenvalue weighted by Gasteiger charge is 2.26. The van der Waals surface area contributed by atoms with Crippen molar-refractivity contribution in [2.45, 2.75) is 51.2 Å². The van der Waals surface area contributed by atoms with E-state index < -0.39 is 23.4 Å². The van der Waals surface area contributed by atoms with Crippen LogP contribution in [0.2, 0.25) is 0 Å². The molecule has 1 saturated carbocycles. The third-order valence-electron chi connectivity index (χ3n) is 6.66. The minimum atomic E-state index is -0.911. The average molecular weight is 499 g/mol. The lowest BCUT2D eigenvalue weighted by Crippen LogP contribution is -2.20. The van der Waals surface area contributed by atoms with Gasteiger partial charge in [0.15, 0.2) is 23.2 Å². The van der Waals surface area contributed by atoms with E-state index in [1.54, 1.807) is 25.3 Å². The Morgan fingerprint density at radius 1 is 0.917 bits per heavy atom. The molecule has 0 aromatic heterocycles. The maximum Gasteiger partial charge on any atom is 0.343 e. The van der Waals surface area contributed by atoms with Crippen molar-refractivity contribution < 1.29 is 32.2 Å². The molecule has 0 saturated heterocycles. The van der Waals surface area contributed by atoms with Gasteiger partial charge in [-0.1, -0.05) is 30.3 Å². The molecular formula is C29H29F3O4. The number of rotatable bonds is 8. The molecule has 0 unspecified atom stereocenters. The fourth-order valence-electron chi connectivity index (χ4n) is 4.59. The van der Waals surface area contributed by atoms with E-state index in [9.17, 15) is 13.6 Å². The van der Waals surface area contributed by atoms with Crippen LogP contribution < -0.4 is 4.74 Å². The summed E-state index contributed by atoms with van der Waals surface area (Å²) in [6.07, 6.45) is 3.32. The second-order valence-corrected chi connectivity index (χ2v) is 8.91. The van der Waals surface area contributed by atoms with Gasteiger partial charge in [-0.2, -0.15) is 0 Å². The van der Waals surface area contributed by atoms with Gasteiger partial charge in [0, 0.05) is 19.3 Å². The summed E-state index contributed by atoms with van der Waals surface area (Å²) in [5.74, 6) is -3.42. The molecule has 0 radical (unpaired) electrons. The highest BCUT2D eigenvalue weighted by Crippen LogP contribution is 2.37. The van der Waals surface area contributed by atoms with Crippen molar-refractivity contribution in [2.75, 3.05) is 13.7 Å². The summed E-state index contributed by atoms with van der Waals surface area (Å²) in [5, 5.41) is 0. The molecule has 36 heavy (non-hydrogen) atoms. The second kappa shape index (κ2) is 11.7. The van der Waals surface area contributed by atoms with Gasteiger partial charge < -0.3 is 14.2 Å². The summed E-state index contributed by atoms with van der Waals surface area (Å²) in [6, 6.07) is 13.4. The van der Waals surface area contributed by atoms with E-state index in [0.29, 0.717) is 23.3 Å². The van der Waals surface area contributed by atoms with E-state index in [1.807, 2.05) is 6.92 Å². The van der Waals surface area contributed by atoms with Gasteiger partial charge in [0.2, 0.25) is 0 Å². The third-order valence-corrected chi connectivity index (χ3v) is 6.66. The average Bonchev–Trinajstić information content (AvgIpc) is 2.90. The van der Waals surface area contributed by atoms with Crippen LogP contribution >= 0.6 is 0 Å². The number of carbonyl (C=O) groups excluding carboxylic acids is 1. The quantitative estimate of drug-likeness (QED) is 0.243. The maximum atomic E-state index is 15.0. The van der Waals surface area contributed by atoms with E-state index in [-0.39, 0.29) is 35.5 Å². The Kier molecular flexibility index (Phi) is 8.44. The fourth-order valence-corrected chi connectivity index (χ4v) is 4.59. The Morgan fingerprint density at radius 2 is 1.64 bits per heavy atom. The molecule has 0 atom stereocenters. The normalized spacial score (nSPS) is 17.7. The first-order valence-corrected chi connectivity index (χ1v) is 12.1. The SMILES string of the molecule is CCOCc1ccc(OC(=O)c2ccc(-c3ccc(C4CCC(OC)CC4)c(F)c3F)cc2)c(F)c1. The molecule has 0 amide bonds. The van der Waals surface area contributed by atoms with Crippen LogP contribution in [0.25, 0.3) is 11.1 Å². The Balaban J connectivity index is 1.45. The van der Waals surface area contributed by atoms with Gasteiger partial charge >= 0.3 is 5.97 Å². The number of hydrogen-bond donors (Lipinski definition) is 0. The minimum Gasteiger partial charge on any atom is -0.420 e. The van der Waals surface area contributed by atoms with Gasteiger partial charge in [0.1, 0.15) is 0 Å². The Bertz CT molecular complexity index is 1200. The predicted molar refractivity (Wildman–Crippen MR) is 130 cm³/mol. The van der Waals surface area contributed by atoms with Crippen LogP contribution in [0.4, 0.5) is 13.2 Å². The smallest absolute Gasteiger partial charge is 0.343 e. The Morgan fingerprint density at radius 3 is 2.28 bits per heavy atom. The largest absolute Gasteiger partial charge is 0.420 e. The lowest BCUT2D eigenvalue weighted by Gasteiger charge is -2.28. The molecular weight excluding hydrogens is 469 g/mol. The molecule has 0 heterocycles. The van der Waals surface area contributed by atoms with Gasteiger partial charge in [0.25, 0.3) is 0 Å². The second-order valence-electron chi connectivity index (χ2n) is 8.91. The van der Waals surface area contributed by atoms with Gasteiger partial charge in [-0.05, 0) is 79.5 Å². The van der Waals surface area contributed by atoms with Crippen molar-refractivity contribution in [1.29, 1.82) is 0 Å². The zero-order valence-corrected chi connectivity index (χ0v) is 20.4. The molecule has 4 rings (SSSR count). The maximum absolute atomic E-state index is 15.0. The Labute approximate surface area is 209 Å². The summed E-state index contributed by atoms with van der Waals surface area (Å²) in [7, 11) is 1.67. The summed E-state index contributed by atoms with van der Waals surface area (Å²) < 4.78 is 60.1. The van der Waals surface area contributed by atoms with Crippen molar-refractivity contribution in [3.05, 3.63) is 88.7 Å². The molecule has 0 bridgehead atoms. The number of carbonyl (C=O) groups is 1. The molecule has 190 valence electrons. The zero-order chi connectivity index (χ0) is 25.7. The lowest BCUT2D eigenvalue weighted by atomic mass is 9.82. The minimum absolute atomic E-state index is 0.0364. The topological polar surface area (TPSA) is 44.8 Å². The molecule has 0 aliphatic heterocycles. The third kappa shape index (κ3) is 5.79. The van der Waals surface area contributed by atoms with Crippen LogP contribution in [-0.2, 0) is 16.1 Å². The molecule has 0 spiro atoms. The molecule has 7 heteroatoms. The zero-order valence-electron chi connectivity index (χ0n) is 20.4. The number of ether oxygens (including phenoxy) is 3. The summed E-state index contributed by atoms with van der Waals surface area (Å²) in [4.78, 5) is 12.5. The van der Waals surface area contributed by atoms with Crippen LogP contribution in [-0.4, -0.2) is 25.8 Å². The van der Waals surface area contributed by atoms with Gasteiger partial charge in [-0.25, -0.2) is 18.0 Å². The van der Waals surface area contributed by atoms with Crippen LogP contribution in [0, 0.1) is 17.5 Å². The first-order chi connectivity index (χ1) is 17.4. The molecule has 3 aromatic rings. The highest BCUT2D eigenvalue weighted by atomic mass is 19.2. The standard InChI is InChI=1S/C29H29F3O4/c1-3-35-17-18-4-15-26(25(30)16-18)36-29(33)21-7-5-19(6-8-21)23-13-14-24(28(32)27(23)31)20-9-11-22(34-2)12-10-20/h4-8,13-16,20,22H,3,9-12,17H2,1-2H3. The van der Waals surface area contributed by atoms with E-state index >= 15 is 4.39 Å². The van der Waals surface area contributed by atoms with Crippen LogP contribution in [0.1, 0.15) is 60.0 Å². The van der Waals surface area contributed by atoms with Crippen molar-refractivity contribution in [3.8, 4) is 16.9 Å².